The Morgan fingerprint density at radius 2 is 2.00 bits per heavy atom. The lowest BCUT2D eigenvalue weighted by molar-refractivity contribution is 0.297. The number of hydrogen-bond donors (Lipinski definition) is 1. The summed E-state index contributed by atoms with van der Waals surface area (Å²) in [4.78, 5) is 0. The monoisotopic (exact) mass is 221 g/mol. The lowest BCUT2D eigenvalue weighted by Gasteiger charge is -2.15. The molecule has 88 valence electrons. The summed E-state index contributed by atoms with van der Waals surface area (Å²) in [6.45, 7) is 6.72. The van der Waals surface area contributed by atoms with Gasteiger partial charge >= 0.3 is 0 Å². The summed E-state index contributed by atoms with van der Waals surface area (Å²) in [5, 5.41) is 3.39. The molecule has 0 saturated carbocycles. The van der Waals surface area contributed by atoms with Crippen LogP contribution in [-0.4, -0.2) is 19.8 Å². The van der Waals surface area contributed by atoms with Crippen molar-refractivity contribution >= 4 is 0 Å². The van der Waals surface area contributed by atoms with Crippen molar-refractivity contribution in [1.82, 2.24) is 5.32 Å². The fraction of sp³-hybridized carbons (Fsp3) is 0.538. The molecule has 1 heterocycles. The van der Waals surface area contributed by atoms with Gasteiger partial charge in [0.05, 0.1) is 13.2 Å². The molecule has 16 heavy (non-hydrogen) atoms. The minimum atomic E-state index is 0.349. The second-order valence-electron chi connectivity index (χ2n) is 4.04. The summed E-state index contributed by atoms with van der Waals surface area (Å²) in [5.74, 6) is 1.74. The summed E-state index contributed by atoms with van der Waals surface area (Å²) in [7, 11) is 0. The molecular weight excluding hydrogens is 202 g/mol. The second-order valence-corrected chi connectivity index (χ2v) is 4.04. The Hall–Kier alpha value is -1.22. The van der Waals surface area contributed by atoms with E-state index < -0.39 is 0 Å². The van der Waals surface area contributed by atoms with E-state index in [1.54, 1.807) is 0 Å². The first-order valence-electron chi connectivity index (χ1n) is 5.94. The van der Waals surface area contributed by atoms with Gasteiger partial charge in [0, 0.05) is 12.5 Å². The third-order valence-corrected chi connectivity index (χ3v) is 2.78. The van der Waals surface area contributed by atoms with Crippen molar-refractivity contribution in [3.05, 3.63) is 23.8 Å². The van der Waals surface area contributed by atoms with Gasteiger partial charge in [-0.3, -0.25) is 0 Å². The van der Waals surface area contributed by atoms with Crippen LogP contribution in [0.4, 0.5) is 0 Å². The quantitative estimate of drug-likeness (QED) is 0.850. The van der Waals surface area contributed by atoms with E-state index in [2.05, 4.69) is 31.3 Å². The minimum absolute atomic E-state index is 0.349. The molecule has 0 bridgehead atoms. The summed E-state index contributed by atoms with van der Waals surface area (Å²) in [5.41, 5.74) is 1.24. The molecule has 0 unspecified atom stereocenters. The van der Waals surface area contributed by atoms with E-state index in [0.717, 1.165) is 37.7 Å². The topological polar surface area (TPSA) is 30.5 Å². The van der Waals surface area contributed by atoms with Gasteiger partial charge in [0.2, 0.25) is 0 Å². The fourth-order valence-corrected chi connectivity index (χ4v) is 1.87. The molecule has 0 radical (unpaired) electrons. The van der Waals surface area contributed by atoms with Crippen molar-refractivity contribution in [3.63, 3.8) is 0 Å². The molecule has 0 saturated heterocycles. The molecule has 0 fully saturated rings. The van der Waals surface area contributed by atoms with E-state index in [1.165, 1.54) is 5.56 Å². The van der Waals surface area contributed by atoms with Crippen LogP contribution in [0.3, 0.4) is 0 Å². The molecular formula is C13H19NO2. The zero-order chi connectivity index (χ0) is 11.4. The van der Waals surface area contributed by atoms with Crippen molar-refractivity contribution in [2.24, 2.45) is 0 Å². The summed E-state index contributed by atoms with van der Waals surface area (Å²) < 4.78 is 11.3. The Bertz CT molecular complexity index is 352. The number of hydrogen-bond acceptors (Lipinski definition) is 3. The van der Waals surface area contributed by atoms with E-state index in [9.17, 15) is 0 Å². The molecule has 1 aromatic rings. The predicted molar refractivity (Wildman–Crippen MR) is 64.1 cm³/mol. The molecule has 3 nitrogen and oxygen atoms in total. The molecule has 2 rings (SSSR count). The average molecular weight is 221 g/mol. The molecule has 1 N–H and O–H groups in total. The van der Waals surface area contributed by atoms with Crippen LogP contribution in [-0.2, 0) is 0 Å². The highest BCUT2D eigenvalue weighted by Gasteiger charge is 2.12. The first-order chi connectivity index (χ1) is 7.81. The van der Waals surface area contributed by atoms with Crippen molar-refractivity contribution in [2.45, 2.75) is 26.3 Å². The van der Waals surface area contributed by atoms with Gasteiger partial charge in [0.1, 0.15) is 0 Å². The van der Waals surface area contributed by atoms with Gasteiger partial charge in [-0.15, -0.1) is 0 Å². The van der Waals surface area contributed by atoms with E-state index in [4.69, 9.17) is 9.47 Å². The normalized spacial score (nSPS) is 16.6. The molecule has 3 heteroatoms. The minimum Gasteiger partial charge on any atom is -0.490 e. The van der Waals surface area contributed by atoms with Crippen molar-refractivity contribution in [2.75, 3.05) is 19.8 Å². The van der Waals surface area contributed by atoms with Crippen LogP contribution in [0.25, 0.3) is 0 Å². The maximum atomic E-state index is 5.66. The molecule has 1 aromatic carbocycles. The number of nitrogens with one attached hydrogen (secondary N) is 1. The molecule has 1 aliphatic heterocycles. The van der Waals surface area contributed by atoms with Crippen molar-refractivity contribution in [3.8, 4) is 11.5 Å². The second kappa shape index (κ2) is 5.21. The Morgan fingerprint density at radius 3 is 2.75 bits per heavy atom. The van der Waals surface area contributed by atoms with Gasteiger partial charge in [-0.1, -0.05) is 13.0 Å². The van der Waals surface area contributed by atoms with Crippen LogP contribution in [0.2, 0.25) is 0 Å². The number of benzene rings is 1. The van der Waals surface area contributed by atoms with Crippen LogP contribution in [0, 0.1) is 0 Å². The fourth-order valence-electron chi connectivity index (χ4n) is 1.87. The zero-order valence-electron chi connectivity index (χ0n) is 9.95. The third kappa shape index (κ3) is 2.47. The van der Waals surface area contributed by atoms with E-state index in [1.807, 2.05) is 6.07 Å². The van der Waals surface area contributed by atoms with Crippen LogP contribution in [0.15, 0.2) is 18.2 Å². The Labute approximate surface area is 96.8 Å². The smallest absolute Gasteiger partial charge is 0.161 e. The van der Waals surface area contributed by atoms with Gasteiger partial charge in [-0.2, -0.15) is 0 Å². The van der Waals surface area contributed by atoms with Crippen molar-refractivity contribution < 1.29 is 9.47 Å². The molecule has 0 aliphatic carbocycles. The van der Waals surface area contributed by atoms with Gasteiger partial charge < -0.3 is 14.8 Å². The van der Waals surface area contributed by atoms with Gasteiger partial charge in [0.15, 0.2) is 11.5 Å². The van der Waals surface area contributed by atoms with Crippen LogP contribution < -0.4 is 14.8 Å². The average Bonchev–Trinajstić information content (AvgIpc) is 2.53. The molecule has 1 aliphatic rings. The molecule has 1 atom stereocenters. The highest BCUT2D eigenvalue weighted by atomic mass is 16.5. The van der Waals surface area contributed by atoms with E-state index in [0.29, 0.717) is 6.04 Å². The lowest BCUT2D eigenvalue weighted by Crippen LogP contribution is -2.17. The van der Waals surface area contributed by atoms with Crippen molar-refractivity contribution in [1.29, 1.82) is 0 Å². The Balaban J connectivity index is 2.20. The maximum absolute atomic E-state index is 5.66. The number of fused-ring (bicyclic) bond motifs is 1. The SMILES string of the molecule is CCN[C@H](C)c1ccc2c(c1)OCCCO2. The molecule has 0 amide bonds. The largest absolute Gasteiger partial charge is 0.490 e. The predicted octanol–water partition coefficient (Wildman–Crippen LogP) is 2.52. The van der Waals surface area contributed by atoms with Gasteiger partial charge in [0.25, 0.3) is 0 Å². The van der Waals surface area contributed by atoms with E-state index in [-0.39, 0.29) is 0 Å². The standard InChI is InChI=1S/C13H19NO2/c1-3-14-10(2)11-5-6-12-13(9-11)16-8-4-7-15-12/h5-6,9-10,14H,3-4,7-8H2,1-2H3/t10-/m1/s1. The Kier molecular flexibility index (Phi) is 3.67. The van der Waals surface area contributed by atoms with E-state index >= 15 is 0 Å². The van der Waals surface area contributed by atoms with Crippen LogP contribution in [0.5, 0.6) is 11.5 Å². The molecule has 0 aromatic heterocycles. The summed E-state index contributed by atoms with van der Waals surface area (Å²) in [6.07, 6.45) is 0.951. The first kappa shape index (κ1) is 11.3. The van der Waals surface area contributed by atoms with Crippen LogP contribution in [0.1, 0.15) is 31.9 Å². The number of rotatable bonds is 3. The lowest BCUT2D eigenvalue weighted by atomic mass is 10.1. The molecule has 0 spiro atoms. The van der Waals surface area contributed by atoms with Crippen LogP contribution >= 0.6 is 0 Å². The van der Waals surface area contributed by atoms with Gasteiger partial charge in [-0.25, -0.2) is 0 Å². The summed E-state index contributed by atoms with van der Waals surface area (Å²) in [6, 6.07) is 6.53. The maximum Gasteiger partial charge on any atom is 0.161 e. The zero-order valence-corrected chi connectivity index (χ0v) is 9.95. The highest BCUT2D eigenvalue weighted by Crippen LogP contribution is 2.32. The highest BCUT2D eigenvalue weighted by molar-refractivity contribution is 5.44. The Morgan fingerprint density at radius 1 is 1.25 bits per heavy atom. The summed E-state index contributed by atoms with van der Waals surface area (Å²) >= 11 is 0. The third-order valence-electron chi connectivity index (χ3n) is 2.78. The first-order valence-corrected chi connectivity index (χ1v) is 5.94. The number of ether oxygens (including phenoxy) is 2. The van der Waals surface area contributed by atoms with Gasteiger partial charge in [-0.05, 0) is 31.2 Å².